The Labute approximate surface area is 180 Å². The highest BCUT2D eigenvalue weighted by Crippen LogP contribution is 2.54. The molecule has 32 heavy (non-hydrogen) atoms. The van der Waals surface area contributed by atoms with Crippen LogP contribution in [0.3, 0.4) is 0 Å². The maximum atomic E-state index is 14.3. The molecule has 0 aliphatic carbocycles. The molecule has 0 radical (unpaired) electrons. The van der Waals surface area contributed by atoms with Gasteiger partial charge in [-0.15, -0.1) is 0 Å². The molecule has 1 aromatic heterocycles. The van der Waals surface area contributed by atoms with E-state index in [1.54, 1.807) is 0 Å². The molecule has 2 amide bonds. The van der Waals surface area contributed by atoms with Crippen molar-refractivity contribution >= 4 is 17.5 Å². The van der Waals surface area contributed by atoms with Crippen LogP contribution in [-0.4, -0.2) is 41.8 Å². The number of methoxy groups -OCH3 is 1. The minimum absolute atomic E-state index is 0.0701. The standard InChI is InChI=1S/C21H21F4N3O4/c1-10-15(12-5-4-6-13(22)16(12)31-3)17(32-20(10,2)21(23,24)25)19(30)28-11-7-8-27-14(9-11)18(26)29/h4-10,15,17H,1-3H3,(H2,26,29)(H,27,28,30)/t10-,15-,17+,20+/m0/s1. The molecule has 2 heterocycles. The van der Waals surface area contributed by atoms with E-state index in [1.165, 1.54) is 44.5 Å². The average molecular weight is 455 g/mol. The Bertz CT molecular complexity index is 1050. The smallest absolute Gasteiger partial charge is 0.417 e. The van der Waals surface area contributed by atoms with Crippen molar-refractivity contribution in [3.05, 3.63) is 53.6 Å². The number of carbonyl (C=O) groups is 2. The van der Waals surface area contributed by atoms with Gasteiger partial charge in [-0.3, -0.25) is 14.6 Å². The number of benzene rings is 1. The van der Waals surface area contributed by atoms with Crippen LogP contribution in [0, 0.1) is 11.7 Å². The molecule has 11 heteroatoms. The molecule has 1 aliphatic heterocycles. The zero-order chi connectivity index (χ0) is 23.8. The van der Waals surface area contributed by atoms with Gasteiger partial charge in [-0.2, -0.15) is 13.2 Å². The lowest BCUT2D eigenvalue weighted by atomic mass is 9.77. The van der Waals surface area contributed by atoms with Gasteiger partial charge in [0.05, 0.1) is 7.11 Å². The van der Waals surface area contributed by atoms with Crippen molar-refractivity contribution < 1.29 is 36.6 Å². The summed E-state index contributed by atoms with van der Waals surface area (Å²) in [5.41, 5.74) is 2.49. The molecule has 3 N–H and O–H groups in total. The van der Waals surface area contributed by atoms with Gasteiger partial charge in [-0.1, -0.05) is 19.1 Å². The van der Waals surface area contributed by atoms with Crippen molar-refractivity contribution in [1.29, 1.82) is 0 Å². The lowest BCUT2D eigenvalue weighted by Crippen LogP contribution is -2.47. The number of aromatic nitrogens is 1. The molecule has 172 valence electrons. The number of primary amides is 1. The predicted octanol–water partition coefficient (Wildman–Crippen LogP) is 3.41. The lowest BCUT2D eigenvalue weighted by molar-refractivity contribution is -0.272. The average Bonchev–Trinajstić information content (AvgIpc) is 3.00. The first-order chi connectivity index (χ1) is 14.9. The predicted molar refractivity (Wildman–Crippen MR) is 106 cm³/mol. The summed E-state index contributed by atoms with van der Waals surface area (Å²) in [6.07, 6.45) is -5.24. The van der Waals surface area contributed by atoms with Gasteiger partial charge in [0.25, 0.3) is 11.8 Å². The minimum Gasteiger partial charge on any atom is -0.493 e. The number of para-hydroxylation sites is 1. The van der Waals surface area contributed by atoms with E-state index >= 15 is 0 Å². The number of nitrogens with zero attached hydrogens (tertiary/aromatic N) is 1. The van der Waals surface area contributed by atoms with Crippen molar-refractivity contribution in [1.82, 2.24) is 4.98 Å². The van der Waals surface area contributed by atoms with E-state index in [1.807, 2.05) is 0 Å². The zero-order valence-corrected chi connectivity index (χ0v) is 17.4. The number of hydrogen-bond acceptors (Lipinski definition) is 5. The molecule has 0 spiro atoms. The van der Waals surface area contributed by atoms with Crippen LogP contribution in [-0.2, 0) is 9.53 Å². The molecular formula is C21H21F4N3O4. The summed E-state index contributed by atoms with van der Waals surface area (Å²) in [5.74, 6) is -5.27. The van der Waals surface area contributed by atoms with Crippen molar-refractivity contribution in [3.63, 3.8) is 0 Å². The van der Waals surface area contributed by atoms with Gasteiger partial charge in [0.1, 0.15) is 11.8 Å². The highest BCUT2D eigenvalue weighted by Gasteiger charge is 2.65. The van der Waals surface area contributed by atoms with E-state index in [-0.39, 0.29) is 22.7 Å². The monoisotopic (exact) mass is 455 g/mol. The van der Waals surface area contributed by atoms with Crippen LogP contribution in [0.1, 0.15) is 35.8 Å². The molecule has 7 nitrogen and oxygen atoms in total. The number of carbonyl (C=O) groups excluding carboxylic acids is 2. The zero-order valence-electron chi connectivity index (χ0n) is 17.4. The van der Waals surface area contributed by atoms with E-state index in [4.69, 9.17) is 15.2 Å². The van der Waals surface area contributed by atoms with E-state index < -0.39 is 47.3 Å². The number of hydrogen-bond donors (Lipinski definition) is 2. The Kier molecular flexibility index (Phi) is 6.14. The first-order valence-corrected chi connectivity index (χ1v) is 9.54. The summed E-state index contributed by atoms with van der Waals surface area (Å²) in [7, 11) is 1.18. The van der Waals surface area contributed by atoms with E-state index in [9.17, 15) is 27.2 Å². The van der Waals surface area contributed by atoms with E-state index in [0.717, 1.165) is 13.0 Å². The molecule has 4 atom stereocenters. The van der Waals surface area contributed by atoms with Crippen molar-refractivity contribution in [2.75, 3.05) is 12.4 Å². The second kappa shape index (κ2) is 8.38. The van der Waals surface area contributed by atoms with Crippen LogP contribution >= 0.6 is 0 Å². The number of alkyl halides is 3. The number of halogens is 4. The van der Waals surface area contributed by atoms with Gasteiger partial charge in [-0.25, -0.2) is 4.39 Å². The molecular weight excluding hydrogens is 434 g/mol. The summed E-state index contributed by atoms with van der Waals surface area (Å²) >= 11 is 0. The van der Waals surface area contributed by atoms with Crippen LogP contribution in [0.15, 0.2) is 36.5 Å². The first-order valence-electron chi connectivity index (χ1n) is 9.54. The third kappa shape index (κ3) is 3.99. The fourth-order valence-corrected chi connectivity index (χ4v) is 3.88. The molecule has 1 aliphatic rings. The number of nitrogens with two attached hydrogens (primary N) is 1. The number of nitrogens with one attached hydrogen (secondary N) is 1. The summed E-state index contributed by atoms with van der Waals surface area (Å²) in [5, 5.41) is 2.43. The third-order valence-electron chi connectivity index (χ3n) is 5.77. The molecule has 0 saturated carbocycles. The van der Waals surface area contributed by atoms with Crippen LogP contribution in [0.25, 0.3) is 0 Å². The first kappa shape index (κ1) is 23.5. The highest BCUT2D eigenvalue weighted by atomic mass is 19.4. The summed E-state index contributed by atoms with van der Waals surface area (Å²) in [6.45, 7) is 2.13. The van der Waals surface area contributed by atoms with Gasteiger partial charge in [0.15, 0.2) is 17.2 Å². The normalized spacial score (nSPS) is 25.4. The number of anilines is 1. The van der Waals surface area contributed by atoms with Crippen molar-refractivity contribution in [3.8, 4) is 5.75 Å². The molecule has 1 saturated heterocycles. The van der Waals surface area contributed by atoms with Crippen LogP contribution in [0.2, 0.25) is 0 Å². The fraction of sp³-hybridized carbons (Fsp3) is 0.381. The third-order valence-corrected chi connectivity index (χ3v) is 5.77. The van der Waals surface area contributed by atoms with Crippen LogP contribution < -0.4 is 15.8 Å². The number of rotatable bonds is 5. The molecule has 1 fully saturated rings. The minimum atomic E-state index is -4.81. The molecule has 0 bridgehead atoms. The summed E-state index contributed by atoms with van der Waals surface area (Å²) < 4.78 is 66.5. The van der Waals surface area contributed by atoms with Crippen molar-refractivity contribution in [2.45, 2.75) is 37.6 Å². The molecule has 1 aromatic carbocycles. The second-order valence-corrected chi connectivity index (χ2v) is 7.60. The van der Waals surface area contributed by atoms with Gasteiger partial charge >= 0.3 is 6.18 Å². The molecule has 3 rings (SSSR count). The number of pyridine rings is 1. The quantitative estimate of drug-likeness (QED) is 0.673. The van der Waals surface area contributed by atoms with Gasteiger partial charge < -0.3 is 20.5 Å². The van der Waals surface area contributed by atoms with Crippen molar-refractivity contribution in [2.24, 2.45) is 11.7 Å². The maximum Gasteiger partial charge on any atom is 0.417 e. The Hall–Kier alpha value is -3.21. The maximum absolute atomic E-state index is 14.3. The Morgan fingerprint density at radius 1 is 1.28 bits per heavy atom. The van der Waals surface area contributed by atoms with Crippen LogP contribution in [0.5, 0.6) is 5.75 Å². The topological polar surface area (TPSA) is 104 Å². The Balaban J connectivity index is 2.05. The van der Waals surface area contributed by atoms with Gasteiger partial charge in [0, 0.05) is 29.3 Å². The fourth-order valence-electron chi connectivity index (χ4n) is 3.88. The summed E-state index contributed by atoms with van der Waals surface area (Å²) in [6, 6.07) is 6.33. The van der Waals surface area contributed by atoms with Crippen LogP contribution in [0.4, 0.5) is 23.2 Å². The highest BCUT2D eigenvalue weighted by molar-refractivity contribution is 5.97. The second-order valence-electron chi connectivity index (χ2n) is 7.60. The van der Waals surface area contributed by atoms with E-state index in [2.05, 4.69) is 10.3 Å². The van der Waals surface area contributed by atoms with Gasteiger partial charge in [0.2, 0.25) is 0 Å². The Morgan fingerprint density at radius 2 is 1.97 bits per heavy atom. The van der Waals surface area contributed by atoms with E-state index in [0.29, 0.717) is 0 Å². The number of ether oxygens (including phenoxy) is 2. The lowest BCUT2D eigenvalue weighted by Gasteiger charge is -2.32. The SMILES string of the molecule is COc1c(F)cccc1[C@H]1[C@H](C(=O)Nc2ccnc(C(N)=O)c2)O[C@@](C)(C(F)(F)F)[C@H]1C. The largest absolute Gasteiger partial charge is 0.493 e. The van der Waals surface area contributed by atoms with Gasteiger partial charge in [-0.05, 0) is 25.1 Å². The Morgan fingerprint density at radius 3 is 2.56 bits per heavy atom. The number of amides is 2. The molecule has 2 aromatic rings. The molecule has 0 unspecified atom stereocenters. The summed E-state index contributed by atoms with van der Waals surface area (Å²) in [4.78, 5) is 28.1.